The lowest BCUT2D eigenvalue weighted by Crippen LogP contribution is -2.28. The van der Waals surface area contributed by atoms with Gasteiger partial charge in [-0.15, -0.1) is 0 Å². The molecule has 0 unspecified atom stereocenters. The van der Waals surface area contributed by atoms with Gasteiger partial charge in [0.2, 0.25) is 0 Å². The molecule has 5 heteroatoms. The first-order chi connectivity index (χ1) is 8.02. The highest BCUT2D eigenvalue weighted by atomic mass is 79.9. The number of hydrogen-bond donors (Lipinski definition) is 0. The lowest BCUT2D eigenvalue weighted by molar-refractivity contribution is -0.141. The van der Waals surface area contributed by atoms with Crippen molar-refractivity contribution in [2.75, 3.05) is 27.2 Å². The Bertz CT molecular complexity index is 398. The Kier molecular flexibility index (Phi) is 5.58. The highest BCUT2D eigenvalue weighted by Crippen LogP contribution is 2.16. The van der Waals surface area contributed by atoms with Gasteiger partial charge in [-0.25, -0.2) is 4.39 Å². The molecule has 0 aliphatic rings. The van der Waals surface area contributed by atoms with E-state index in [-0.39, 0.29) is 18.3 Å². The molecule has 3 nitrogen and oxygen atoms in total. The number of methoxy groups -OCH3 is 1. The number of hydrogen-bond acceptors (Lipinski definition) is 3. The van der Waals surface area contributed by atoms with E-state index in [0.717, 1.165) is 4.47 Å². The van der Waals surface area contributed by atoms with Crippen LogP contribution < -0.4 is 0 Å². The number of likely N-dealkylation sites (N-methyl/N-ethyl adjacent to an activating group) is 1. The molecular formula is C12H15BrFNO2. The summed E-state index contributed by atoms with van der Waals surface area (Å²) in [6, 6.07) is 4.85. The molecule has 0 atom stereocenters. The predicted octanol–water partition coefficient (Wildman–Crippen LogP) is 2.24. The summed E-state index contributed by atoms with van der Waals surface area (Å²) in [4.78, 5) is 12.8. The van der Waals surface area contributed by atoms with E-state index in [1.807, 2.05) is 0 Å². The Morgan fingerprint density at radius 3 is 2.88 bits per heavy atom. The Balaban J connectivity index is 2.49. The van der Waals surface area contributed by atoms with Crippen molar-refractivity contribution in [3.05, 3.63) is 34.1 Å². The average molecular weight is 304 g/mol. The SMILES string of the molecule is COC(=O)CN(C)CCc1cc(Br)ccc1F. The largest absolute Gasteiger partial charge is 0.468 e. The molecule has 0 fully saturated rings. The minimum atomic E-state index is -0.290. The summed E-state index contributed by atoms with van der Waals surface area (Å²) in [5, 5.41) is 0. The van der Waals surface area contributed by atoms with Gasteiger partial charge < -0.3 is 4.74 Å². The number of nitrogens with zero attached hydrogens (tertiary/aromatic N) is 1. The Labute approximate surface area is 109 Å². The van der Waals surface area contributed by atoms with E-state index >= 15 is 0 Å². The van der Waals surface area contributed by atoms with Gasteiger partial charge in [0.15, 0.2) is 0 Å². The molecule has 1 aromatic rings. The molecule has 0 spiro atoms. The number of benzene rings is 1. The number of rotatable bonds is 5. The molecule has 1 aromatic carbocycles. The first-order valence-electron chi connectivity index (χ1n) is 5.22. The second-order valence-corrected chi connectivity index (χ2v) is 4.72. The third-order valence-corrected chi connectivity index (χ3v) is 2.89. The standard InChI is InChI=1S/C12H15BrFNO2/c1-15(8-12(16)17-2)6-5-9-7-10(13)3-4-11(9)14/h3-4,7H,5-6,8H2,1-2H3. The quantitative estimate of drug-likeness (QED) is 0.781. The van der Waals surface area contributed by atoms with Gasteiger partial charge >= 0.3 is 5.97 Å². The van der Waals surface area contributed by atoms with Crippen LogP contribution in [0.1, 0.15) is 5.56 Å². The topological polar surface area (TPSA) is 29.5 Å². The van der Waals surface area contributed by atoms with E-state index in [1.165, 1.54) is 13.2 Å². The molecule has 0 heterocycles. The molecule has 0 saturated heterocycles. The first kappa shape index (κ1) is 14.1. The lowest BCUT2D eigenvalue weighted by atomic mass is 10.1. The number of ether oxygens (including phenoxy) is 1. The van der Waals surface area contributed by atoms with Gasteiger partial charge in [-0.2, -0.15) is 0 Å². The van der Waals surface area contributed by atoms with E-state index in [1.54, 1.807) is 24.1 Å². The maximum Gasteiger partial charge on any atom is 0.319 e. The third-order valence-electron chi connectivity index (χ3n) is 2.40. The van der Waals surface area contributed by atoms with Crippen molar-refractivity contribution in [1.82, 2.24) is 4.90 Å². The number of carbonyl (C=O) groups is 1. The predicted molar refractivity (Wildman–Crippen MR) is 67.3 cm³/mol. The van der Waals surface area contributed by atoms with Crippen molar-refractivity contribution in [1.29, 1.82) is 0 Å². The highest BCUT2D eigenvalue weighted by molar-refractivity contribution is 9.10. The van der Waals surface area contributed by atoms with Crippen LogP contribution in [0.5, 0.6) is 0 Å². The smallest absolute Gasteiger partial charge is 0.319 e. The summed E-state index contributed by atoms with van der Waals surface area (Å²) in [6.07, 6.45) is 0.554. The van der Waals surface area contributed by atoms with Crippen LogP contribution in [0.15, 0.2) is 22.7 Å². The van der Waals surface area contributed by atoms with Crippen LogP contribution >= 0.6 is 15.9 Å². The summed E-state index contributed by atoms with van der Waals surface area (Å²) < 4.78 is 18.8. The Hall–Kier alpha value is -0.940. The van der Waals surface area contributed by atoms with E-state index in [0.29, 0.717) is 18.5 Å². The number of halogens is 2. The zero-order valence-corrected chi connectivity index (χ0v) is 11.5. The summed E-state index contributed by atoms with van der Waals surface area (Å²) in [5.74, 6) is -0.512. The van der Waals surface area contributed by atoms with Crippen LogP contribution in [0.4, 0.5) is 4.39 Å². The lowest BCUT2D eigenvalue weighted by Gasteiger charge is -2.15. The second kappa shape index (κ2) is 6.71. The van der Waals surface area contributed by atoms with Gasteiger partial charge in [-0.3, -0.25) is 9.69 Å². The second-order valence-electron chi connectivity index (χ2n) is 3.80. The van der Waals surface area contributed by atoms with Crippen LogP contribution in [0.2, 0.25) is 0 Å². The van der Waals surface area contributed by atoms with E-state index < -0.39 is 0 Å². The zero-order chi connectivity index (χ0) is 12.8. The summed E-state index contributed by atoms with van der Waals surface area (Å²) in [7, 11) is 3.15. The minimum Gasteiger partial charge on any atom is -0.468 e. The van der Waals surface area contributed by atoms with Gasteiger partial charge in [-0.1, -0.05) is 15.9 Å². The average Bonchev–Trinajstić information content (AvgIpc) is 2.30. The van der Waals surface area contributed by atoms with Crippen LogP contribution in [-0.2, 0) is 16.0 Å². The van der Waals surface area contributed by atoms with Crippen molar-refractivity contribution < 1.29 is 13.9 Å². The molecule has 0 aliphatic heterocycles. The number of esters is 1. The molecule has 0 N–H and O–H groups in total. The van der Waals surface area contributed by atoms with Crippen molar-refractivity contribution in [3.63, 3.8) is 0 Å². The van der Waals surface area contributed by atoms with Crippen molar-refractivity contribution in [2.24, 2.45) is 0 Å². The maximum atomic E-state index is 13.4. The number of carbonyl (C=O) groups excluding carboxylic acids is 1. The molecule has 0 aliphatic carbocycles. The van der Waals surface area contributed by atoms with Crippen LogP contribution in [0.25, 0.3) is 0 Å². The van der Waals surface area contributed by atoms with Crippen molar-refractivity contribution in [3.8, 4) is 0 Å². The molecule has 0 aromatic heterocycles. The molecule has 0 radical (unpaired) electrons. The third kappa shape index (κ3) is 4.83. The molecule has 0 bridgehead atoms. The molecule has 0 amide bonds. The highest BCUT2D eigenvalue weighted by Gasteiger charge is 2.08. The summed E-state index contributed by atoms with van der Waals surface area (Å²) in [5.41, 5.74) is 0.635. The fourth-order valence-electron chi connectivity index (χ4n) is 1.41. The van der Waals surface area contributed by atoms with Crippen molar-refractivity contribution >= 4 is 21.9 Å². The van der Waals surface area contributed by atoms with Gasteiger partial charge in [0.05, 0.1) is 13.7 Å². The van der Waals surface area contributed by atoms with Crippen LogP contribution in [-0.4, -0.2) is 38.1 Å². The van der Waals surface area contributed by atoms with E-state index in [4.69, 9.17) is 0 Å². The van der Waals surface area contributed by atoms with Gasteiger partial charge in [0.1, 0.15) is 5.82 Å². The van der Waals surface area contributed by atoms with Crippen LogP contribution in [0, 0.1) is 5.82 Å². The van der Waals surface area contributed by atoms with Gasteiger partial charge in [-0.05, 0) is 37.2 Å². The first-order valence-corrected chi connectivity index (χ1v) is 6.01. The van der Waals surface area contributed by atoms with Crippen LogP contribution in [0.3, 0.4) is 0 Å². The molecular weight excluding hydrogens is 289 g/mol. The summed E-state index contributed by atoms with van der Waals surface area (Å²) >= 11 is 3.30. The Morgan fingerprint density at radius 2 is 2.24 bits per heavy atom. The molecule has 17 heavy (non-hydrogen) atoms. The van der Waals surface area contributed by atoms with Gasteiger partial charge in [0.25, 0.3) is 0 Å². The molecule has 1 rings (SSSR count). The van der Waals surface area contributed by atoms with E-state index in [9.17, 15) is 9.18 Å². The monoisotopic (exact) mass is 303 g/mol. The normalized spacial score (nSPS) is 10.6. The Morgan fingerprint density at radius 1 is 1.53 bits per heavy atom. The van der Waals surface area contributed by atoms with Gasteiger partial charge in [0, 0.05) is 11.0 Å². The maximum absolute atomic E-state index is 13.4. The summed E-state index contributed by atoms with van der Waals surface area (Å²) in [6.45, 7) is 0.814. The fourth-order valence-corrected chi connectivity index (χ4v) is 1.82. The fraction of sp³-hybridized carbons (Fsp3) is 0.417. The van der Waals surface area contributed by atoms with Crippen molar-refractivity contribution in [2.45, 2.75) is 6.42 Å². The molecule has 0 saturated carbocycles. The minimum absolute atomic E-state index is 0.214. The zero-order valence-electron chi connectivity index (χ0n) is 9.87. The van der Waals surface area contributed by atoms with E-state index in [2.05, 4.69) is 20.7 Å². The molecule has 94 valence electrons.